The van der Waals surface area contributed by atoms with Crippen molar-refractivity contribution in [3.63, 3.8) is 0 Å². The molecule has 6 nitrogen and oxygen atoms in total. The van der Waals surface area contributed by atoms with E-state index in [1.165, 1.54) is 0 Å². The summed E-state index contributed by atoms with van der Waals surface area (Å²) in [6.45, 7) is 3.07. The van der Waals surface area contributed by atoms with E-state index in [-0.39, 0.29) is 12.8 Å². The molecule has 2 heterocycles. The Labute approximate surface area is 161 Å². The van der Waals surface area contributed by atoms with Gasteiger partial charge in [-0.2, -0.15) is 0 Å². The molecule has 0 bridgehead atoms. The van der Waals surface area contributed by atoms with E-state index in [9.17, 15) is 4.79 Å². The van der Waals surface area contributed by atoms with Crippen LogP contribution in [0.3, 0.4) is 0 Å². The number of carbonyl (C=O) groups is 1. The number of amides is 2. The van der Waals surface area contributed by atoms with Crippen LogP contribution in [0.1, 0.15) is 16.1 Å². The SMILES string of the molecule is Cc1nc(-c2ccccc2)sc1CNC(=O)NCc1ccc2c(c1)OCO2. The second-order valence-corrected chi connectivity index (χ2v) is 7.20. The summed E-state index contributed by atoms with van der Waals surface area (Å²) in [5, 5.41) is 6.71. The molecule has 3 aromatic rings. The number of nitrogens with zero attached hydrogens (tertiary/aromatic N) is 1. The molecule has 0 unspecified atom stereocenters. The summed E-state index contributed by atoms with van der Waals surface area (Å²) in [5.74, 6) is 1.45. The van der Waals surface area contributed by atoms with E-state index in [1.807, 2.05) is 55.5 Å². The average Bonchev–Trinajstić information content (AvgIpc) is 3.31. The maximum absolute atomic E-state index is 12.1. The van der Waals surface area contributed by atoms with Crippen LogP contribution < -0.4 is 20.1 Å². The van der Waals surface area contributed by atoms with Gasteiger partial charge in [0.25, 0.3) is 0 Å². The molecule has 1 aliphatic heterocycles. The van der Waals surface area contributed by atoms with E-state index < -0.39 is 0 Å². The van der Waals surface area contributed by atoms with Gasteiger partial charge in [0.15, 0.2) is 11.5 Å². The average molecular weight is 381 g/mol. The zero-order valence-electron chi connectivity index (χ0n) is 14.8. The van der Waals surface area contributed by atoms with Crippen LogP contribution >= 0.6 is 11.3 Å². The Balaban J connectivity index is 1.31. The molecule has 2 amide bonds. The minimum absolute atomic E-state index is 0.221. The van der Waals surface area contributed by atoms with Crippen LogP contribution in [0.4, 0.5) is 4.79 Å². The number of aromatic nitrogens is 1. The van der Waals surface area contributed by atoms with Crippen LogP contribution in [-0.4, -0.2) is 17.8 Å². The number of urea groups is 1. The Morgan fingerprint density at radius 2 is 1.85 bits per heavy atom. The molecule has 0 saturated heterocycles. The number of thiazole rings is 1. The molecule has 0 spiro atoms. The first-order valence-electron chi connectivity index (χ1n) is 8.61. The smallest absolute Gasteiger partial charge is 0.315 e. The Morgan fingerprint density at radius 3 is 2.70 bits per heavy atom. The largest absolute Gasteiger partial charge is 0.454 e. The number of carbonyl (C=O) groups excluding carboxylic acids is 1. The second kappa shape index (κ2) is 7.67. The number of aryl methyl sites for hydroxylation is 1. The first-order chi connectivity index (χ1) is 13.2. The van der Waals surface area contributed by atoms with Crippen LogP contribution in [0.2, 0.25) is 0 Å². The van der Waals surface area contributed by atoms with Crippen molar-refractivity contribution in [3.8, 4) is 22.1 Å². The topological polar surface area (TPSA) is 72.5 Å². The summed E-state index contributed by atoms with van der Waals surface area (Å²) in [5.41, 5.74) is 2.98. The number of fused-ring (bicyclic) bond motifs is 1. The maximum Gasteiger partial charge on any atom is 0.315 e. The number of benzene rings is 2. The van der Waals surface area contributed by atoms with E-state index in [2.05, 4.69) is 15.6 Å². The standard InChI is InChI=1S/C20H19N3O3S/c1-13-18(27-19(23-13)15-5-3-2-4-6-15)11-22-20(24)21-10-14-7-8-16-17(9-14)26-12-25-16/h2-9H,10-12H2,1H3,(H2,21,22,24). The van der Waals surface area contributed by atoms with E-state index in [0.29, 0.717) is 18.8 Å². The molecule has 2 N–H and O–H groups in total. The molecule has 7 heteroatoms. The fraction of sp³-hybridized carbons (Fsp3) is 0.200. The Morgan fingerprint density at radius 1 is 1.07 bits per heavy atom. The third kappa shape index (κ3) is 4.03. The molecule has 2 aromatic carbocycles. The van der Waals surface area contributed by atoms with Crippen molar-refractivity contribution in [2.75, 3.05) is 6.79 Å². The van der Waals surface area contributed by atoms with E-state index >= 15 is 0 Å². The highest BCUT2D eigenvalue weighted by Gasteiger charge is 2.14. The number of nitrogens with one attached hydrogen (secondary N) is 2. The van der Waals surface area contributed by atoms with Crippen LogP contribution in [0.5, 0.6) is 11.5 Å². The lowest BCUT2D eigenvalue weighted by molar-refractivity contribution is 0.174. The summed E-state index contributed by atoms with van der Waals surface area (Å²) < 4.78 is 10.6. The number of hydrogen-bond acceptors (Lipinski definition) is 5. The maximum atomic E-state index is 12.1. The minimum Gasteiger partial charge on any atom is -0.454 e. The normalized spacial score (nSPS) is 12.0. The lowest BCUT2D eigenvalue weighted by atomic mass is 10.2. The predicted molar refractivity (Wildman–Crippen MR) is 104 cm³/mol. The lowest BCUT2D eigenvalue weighted by Gasteiger charge is -2.07. The van der Waals surface area contributed by atoms with Gasteiger partial charge < -0.3 is 20.1 Å². The zero-order valence-corrected chi connectivity index (χ0v) is 15.6. The van der Waals surface area contributed by atoms with Gasteiger partial charge >= 0.3 is 6.03 Å². The monoisotopic (exact) mass is 381 g/mol. The number of ether oxygens (including phenoxy) is 2. The van der Waals surface area contributed by atoms with Crippen LogP contribution in [0, 0.1) is 6.92 Å². The predicted octanol–water partition coefficient (Wildman–Crippen LogP) is 3.85. The van der Waals surface area contributed by atoms with Gasteiger partial charge in [-0.05, 0) is 24.6 Å². The molecular weight excluding hydrogens is 362 g/mol. The summed E-state index contributed by atoms with van der Waals surface area (Å²) >= 11 is 1.60. The van der Waals surface area contributed by atoms with Crippen LogP contribution in [0.25, 0.3) is 10.6 Å². The first-order valence-corrected chi connectivity index (χ1v) is 9.42. The fourth-order valence-electron chi connectivity index (χ4n) is 2.75. The highest BCUT2D eigenvalue weighted by molar-refractivity contribution is 7.15. The third-order valence-electron chi connectivity index (χ3n) is 4.21. The molecule has 0 atom stereocenters. The quantitative estimate of drug-likeness (QED) is 0.704. The van der Waals surface area contributed by atoms with Gasteiger partial charge in [-0.3, -0.25) is 0 Å². The third-order valence-corrected chi connectivity index (χ3v) is 5.42. The number of rotatable bonds is 5. The molecule has 138 valence electrons. The van der Waals surface area contributed by atoms with Gasteiger partial charge in [0.05, 0.1) is 12.2 Å². The Kier molecular flexibility index (Phi) is 4.93. The van der Waals surface area contributed by atoms with E-state index in [4.69, 9.17) is 9.47 Å². The Hall–Kier alpha value is -3.06. The molecule has 1 aliphatic rings. The lowest BCUT2D eigenvalue weighted by Crippen LogP contribution is -2.34. The summed E-state index contributed by atoms with van der Waals surface area (Å²) in [4.78, 5) is 17.8. The zero-order chi connectivity index (χ0) is 18.6. The van der Waals surface area contributed by atoms with Gasteiger partial charge in [0.1, 0.15) is 5.01 Å². The summed E-state index contributed by atoms with van der Waals surface area (Å²) in [6.07, 6.45) is 0. The van der Waals surface area contributed by atoms with Crippen molar-refractivity contribution in [3.05, 3.63) is 64.7 Å². The molecular formula is C20H19N3O3S. The van der Waals surface area contributed by atoms with Gasteiger partial charge in [-0.15, -0.1) is 11.3 Å². The van der Waals surface area contributed by atoms with Gasteiger partial charge in [-0.25, -0.2) is 9.78 Å². The molecule has 27 heavy (non-hydrogen) atoms. The Bertz CT molecular complexity index is 956. The van der Waals surface area contributed by atoms with Gasteiger partial charge in [0.2, 0.25) is 6.79 Å². The van der Waals surface area contributed by atoms with Crippen molar-refractivity contribution in [2.24, 2.45) is 0 Å². The molecule has 0 fully saturated rings. The van der Waals surface area contributed by atoms with Crippen molar-refractivity contribution in [2.45, 2.75) is 20.0 Å². The van der Waals surface area contributed by atoms with Crippen LogP contribution in [0.15, 0.2) is 48.5 Å². The highest BCUT2D eigenvalue weighted by Crippen LogP contribution is 2.32. The van der Waals surface area contributed by atoms with E-state index in [1.54, 1.807) is 11.3 Å². The molecule has 0 saturated carbocycles. The van der Waals surface area contributed by atoms with Crippen molar-refractivity contribution < 1.29 is 14.3 Å². The van der Waals surface area contributed by atoms with Crippen LogP contribution in [-0.2, 0) is 13.1 Å². The molecule has 0 aliphatic carbocycles. The first kappa shape index (κ1) is 17.4. The molecule has 1 aromatic heterocycles. The fourth-order valence-corrected chi connectivity index (χ4v) is 3.76. The minimum atomic E-state index is -0.221. The molecule has 4 rings (SSSR count). The van der Waals surface area contributed by atoms with Crippen molar-refractivity contribution >= 4 is 17.4 Å². The van der Waals surface area contributed by atoms with Gasteiger partial charge in [-0.1, -0.05) is 36.4 Å². The van der Waals surface area contributed by atoms with E-state index in [0.717, 1.165) is 32.5 Å². The second-order valence-electron chi connectivity index (χ2n) is 6.12. The summed E-state index contributed by atoms with van der Waals surface area (Å²) in [6, 6.07) is 15.5. The van der Waals surface area contributed by atoms with Crippen molar-refractivity contribution in [1.82, 2.24) is 15.6 Å². The highest BCUT2D eigenvalue weighted by atomic mass is 32.1. The summed E-state index contributed by atoms with van der Waals surface area (Å²) in [7, 11) is 0. The van der Waals surface area contributed by atoms with Gasteiger partial charge in [0, 0.05) is 17.0 Å². The molecule has 0 radical (unpaired) electrons. The van der Waals surface area contributed by atoms with Crippen molar-refractivity contribution in [1.29, 1.82) is 0 Å². The number of hydrogen-bond donors (Lipinski definition) is 2.